The molecular weight excluding hydrogens is 373 g/mol. The Morgan fingerprint density at radius 3 is 2.85 bits per heavy atom. The van der Waals surface area contributed by atoms with Gasteiger partial charge in [-0.25, -0.2) is 14.4 Å². The molecule has 0 radical (unpaired) electrons. The van der Waals surface area contributed by atoms with E-state index in [1.807, 2.05) is 6.07 Å². The number of nitrogens with zero attached hydrogens (tertiary/aromatic N) is 2. The van der Waals surface area contributed by atoms with Crippen molar-refractivity contribution in [2.75, 3.05) is 25.6 Å². The molecule has 0 aliphatic carbocycles. The van der Waals surface area contributed by atoms with Gasteiger partial charge in [-0.15, -0.1) is 0 Å². The Bertz CT molecular complexity index is 980. The average molecular weight is 390 g/mol. The van der Waals surface area contributed by atoms with E-state index in [2.05, 4.69) is 15.3 Å². The lowest BCUT2D eigenvalue weighted by molar-refractivity contribution is 0.139. The quantitative estimate of drug-likeness (QED) is 0.700. The molecule has 1 saturated heterocycles. The van der Waals surface area contributed by atoms with Gasteiger partial charge in [0, 0.05) is 23.6 Å². The maximum atomic E-state index is 13.4. The molecule has 0 unspecified atom stereocenters. The monoisotopic (exact) mass is 389 g/mol. The fourth-order valence-electron chi connectivity index (χ4n) is 2.91. The normalized spacial score (nSPS) is 16.5. The molecular formula is C19H17ClFN3O3. The summed E-state index contributed by atoms with van der Waals surface area (Å²) in [6.45, 7) is 1.23. The minimum absolute atomic E-state index is 0.0201. The predicted molar refractivity (Wildman–Crippen MR) is 101 cm³/mol. The Kier molecular flexibility index (Phi) is 4.96. The molecule has 27 heavy (non-hydrogen) atoms. The third-order valence-electron chi connectivity index (χ3n) is 4.28. The molecule has 4 rings (SSSR count). The van der Waals surface area contributed by atoms with Crippen molar-refractivity contribution >= 4 is 34.0 Å². The highest BCUT2D eigenvalue weighted by molar-refractivity contribution is 6.31. The summed E-state index contributed by atoms with van der Waals surface area (Å²) in [7, 11) is 1.58. The third-order valence-corrected chi connectivity index (χ3v) is 4.57. The van der Waals surface area contributed by atoms with Crippen molar-refractivity contribution in [2.45, 2.75) is 12.5 Å². The van der Waals surface area contributed by atoms with Gasteiger partial charge in [0.15, 0.2) is 11.5 Å². The summed E-state index contributed by atoms with van der Waals surface area (Å²) in [5, 5.41) is 3.93. The number of halogens is 2. The molecule has 1 aliphatic rings. The predicted octanol–water partition coefficient (Wildman–Crippen LogP) is 4.34. The molecule has 1 aromatic heterocycles. The van der Waals surface area contributed by atoms with E-state index in [0.29, 0.717) is 41.7 Å². The second-order valence-electron chi connectivity index (χ2n) is 6.10. The van der Waals surface area contributed by atoms with E-state index in [1.165, 1.54) is 18.5 Å². The van der Waals surface area contributed by atoms with E-state index in [-0.39, 0.29) is 11.1 Å². The molecule has 2 heterocycles. The minimum Gasteiger partial charge on any atom is -0.493 e. The number of methoxy groups -OCH3 is 1. The smallest absolute Gasteiger partial charge is 0.162 e. The van der Waals surface area contributed by atoms with Crippen LogP contribution in [0.25, 0.3) is 10.9 Å². The topological polar surface area (TPSA) is 65.5 Å². The number of nitrogens with one attached hydrogen (secondary N) is 1. The maximum Gasteiger partial charge on any atom is 0.162 e. The Morgan fingerprint density at radius 1 is 1.22 bits per heavy atom. The lowest BCUT2D eigenvalue weighted by atomic mass is 10.2. The van der Waals surface area contributed by atoms with Crippen LogP contribution in [0.3, 0.4) is 0 Å². The SMILES string of the molecule is COc1cc2ncnc(Nc3ccc(F)c(Cl)c3)c2cc1O[C@H]1CCOC1. The van der Waals surface area contributed by atoms with Crippen molar-refractivity contribution in [2.24, 2.45) is 0 Å². The number of fused-ring (bicyclic) bond motifs is 1. The van der Waals surface area contributed by atoms with Crippen LogP contribution in [-0.2, 0) is 4.74 Å². The van der Waals surface area contributed by atoms with Gasteiger partial charge in [-0.1, -0.05) is 11.6 Å². The van der Waals surface area contributed by atoms with Crippen LogP contribution >= 0.6 is 11.6 Å². The van der Waals surface area contributed by atoms with E-state index in [0.717, 1.165) is 11.8 Å². The van der Waals surface area contributed by atoms with Crippen LogP contribution in [0.15, 0.2) is 36.7 Å². The number of rotatable bonds is 5. The molecule has 1 atom stereocenters. The summed E-state index contributed by atoms with van der Waals surface area (Å²) in [5.41, 5.74) is 1.30. The average Bonchev–Trinajstić information content (AvgIpc) is 3.18. The van der Waals surface area contributed by atoms with E-state index in [4.69, 9.17) is 25.8 Å². The molecule has 1 aliphatic heterocycles. The van der Waals surface area contributed by atoms with Crippen molar-refractivity contribution in [1.29, 1.82) is 0 Å². The van der Waals surface area contributed by atoms with Crippen LogP contribution in [-0.4, -0.2) is 36.4 Å². The molecule has 140 valence electrons. The van der Waals surface area contributed by atoms with Crippen LogP contribution in [0, 0.1) is 5.82 Å². The van der Waals surface area contributed by atoms with Gasteiger partial charge >= 0.3 is 0 Å². The van der Waals surface area contributed by atoms with Crippen LogP contribution in [0.4, 0.5) is 15.9 Å². The van der Waals surface area contributed by atoms with Gasteiger partial charge in [-0.05, 0) is 24.3 Å². The maximum absolute atomic E-state index is 13.4. The Hall–Kier alpha value is -2.64. The van der Waals surface area contributed by atoms with Crippen molar-refractivity contribution in [3.05, 3.63) is 47.5 Å². The summed E-state index contributed by atoms with van der Waals surface area (Å²) in [5.74, 6) is 1.26. The van der Waals surface area contributed by atoms with Crippen molar-refractivity contribution < 1.29 is 18.6 Å². The van der Waals surface area contributed by atoms with Gasteiger partial charge in [0.2, 0.25) is 0 Å². The Balaban J connectivity index is 1.72. The molecule has 1 fully saturated rings. The van der Waals surface area contributed by atoms with Crippen molar-refractivity contribution in [1.82, 2.24) is 9.97 Å². The minimum atomic E-state index is -0.478. The van der Waals surface area contributed by atoms with Crippen LogP contribution in [0.2, 0.25) is 5.02 Å². The number of benzene rings is 2. The number of hydrogen-bond donors (Lipinski definition) is 1. The second kappa shape index (κ2) is 7.54. The van der Waals surface area contributed by atoms with Gasteiger partial charge < -0.3 is 19.5 Å². The number of hydrogen-bond acceptors (Lipinski definition) is 6. The van der Waals surface area contributed by atoms with E-state index in [9.17, 15) is 4.39 Å². The molecule has 6 nitrogen and oxygen atoms in total. The van der Waals surface area contributed by atoms with Gasteiger partial charge in [0.25, 0.3) is 0 Å². The number of anilines is 2. The Morgan fingerprint density at radius 2 is 2.11 bits per heavy atom. The van der Waals surface area contributed by atoms with E-state index in [1.54, 1.807) is 19.2 Å². The fraction of sp³-hybridized carbons (Fsp3) is 0.263. The van der Waals surface area contributed by atoms with Crippen LogP contribution in [0.5, 0.6) is 11.5 Å². The van der Waals surface area contributed by atoms with E-state index >= 15 is 0 Å². The van der Waals surface area contributed by atoms with Crippen molar-refractivity contribution in [3.63, 3.8) is 0 Å². The van der Waals surface area contributed by atoms with Gasteiger partial charge in [-0.2, -0.15) is 0 Å². The first-order valence-electron chi connectivity index (χ1n) is 8.43. The highest BCUT2D eigenvalue weighted by Crippen LogP contribution is 2.36. The third kappa shape index (κ3) is 3.74. The largest absolute Gasteiger partial charge is 0.493 e. The zero-order valence-corrected chi connectivity index (χ0v) is 15.3. The summed E-state index contributed by atoms with van der Waals surface area (Å²) < 4.78 is 30.2. The summed E-state index contributed by atoms with van der Waals surface area (Å²) in [4.78, 5) is 8.60. The molecule has 0 amide bonds. The molecule has 0 saturated carbocycles. The summed E-state index contributed by atoms with van der Waals surface area (Å²) >= 11 is 5.86. The first kappa shape index (κ1) is 17.8. The lowest BCUT2D eigenvalue weighted by Gasteiger charge is -2.16. The lowest BCUT2D eigenvalue weighted by Crippen LogP contribution is -2.16. The fourth-order valence-corrected chi connectivity index (χ4v) is 3.09. The highest BCUT2D eigenvalue weighted by Gasteiger charge is 2.20. The molecule has 0 bridgehead atoms. The number of ether oxygens (including phenoxy) is 3. The van der Waals surface area contributed by atoms with Crippen LogP contribution in [0.1, 0.15) is 6.42 Å². The zero-order valence-electron chi connectivity index (χ0n) is 14.5. The summed E-state index contributed by atoms with van der Waals surface area (Å²) in [6, 6.07) is 8.02. The number of aromatic nitrogens is 2. The zero-order chi connectivity index (χ0) is 18.8. The van der Waals surface area contributed by atoms with Gasteiger partial charge in [-0.3, -0.25) is 0 Å². The molecule has 3 aromatic rings. The molecule has 1 N–H and O–H groups in total. The molecule has 2 aromatic carbocycles. The van der Waals surface area contributed by atoms with E-state index < -0.39 is 5.82 Å². The first-order valence-corrected chi connectivity index (χ1v) is 8.81. The second-order valence-corrected chi connectivity index (χ2v) is 6.51. The van der Waals surface area contributed by atoms with Gasteiger partial charge in [0.05, 0.1) is 30.9 Å². The molecule has 8 heteroatoms. The molecule has 0 spiro atoms. The summed E-state index contributed by atoms with van der Waals surface area (Å²) in [6.07, 6.45) is 2.25. The standard InChI is InChI=1S/C19H17ClFN3O3/c1-25-17-8-16-13(7-18(17)27-12-4-5-26-9-12)19(23-10-22-16)24-11-2-3-15(21)14(20)6-11/h2-3,6-8,10,12H,4-5,9H2,1H3,(H,22,23,24)/t12-/m0/s1. The highest BCUT2D eigenvalue weighted by atomic mass is 35.5. The first-order chi connectivity index (χ1) is 13.1. The Labute approximate surface area is 160 Å². The van der Waals surface area contributed by atoms with Crippen molar-refractivity contribution in [3.8, 4) is 11.5 Å². The van der Waals surface area contributed by atoms with Gasteiger partial charge in [0.1, 0.15) is 24.1 Å². The van der Waals surface area contributed by atoms with Crippen LogP contribution < -0.4 is 14.8 Å².